The normalized spacial score (nSPS) is 13.8. The zero-order chi connectivity index (χ0) is 18.3. The standard InChI is InChI=1S/C17H17N5O2S2/c1-10(23)20-17-21-14-8-3-11-9-19-22(15(11)16(14)25-17)12-4-6-13(7-5-12)26(24)18-2/h4-7,9,18H,3,8H2,1-2H3,(H,20,21,23). The number of thiazole rings is 1. The number of carbonyl (C=O) groups is 1. The highest BCUT2D eigenvalue weighted by Crippen LogP contribution is 2.40. The Morgan fingerprint density at radius 3 is 2.73 bits per heavy atom. The Labute approximate surface area is 157 Å². The van der Waals surface area contributed by atoms with Crippen LogP contribution < -0.4 is 10.0 Å². The van der Waals surface area contributed by atoms with Crippen LogP contribution in [0.25, 0.3) is 16.3 Å². The van der Waals surface area contributed by atoms with Gasteiger partial charge in [-0.05, 0) is 49.7 Å². The Hall–Kier alpha value is -2.36. The number of carbonyl (C=O) groups excluding carboxylic acids is 1. The number of aryl methyl sites for hydroxylation is 2. The fraction of sp³-hybridized carbons (Fsp3) is 0.235. The maximum atomic E-state index is 11.8. The van der Waals surface area contributed by atoms with E-state index >= 15 is 0 Å². The Kier molecular flexibility index (Phi) is 4.43. The van der Waals surface area contributed by atoms with Crippen molar-refractivity contribution in [3.8, 4) is 16.3 Å². The van der Waals surface area contributed by atoms with E-state index in [-0.39, 0.29) is 5.91 Å². The largest absolute Gasteiger partial charge is 0.302 e. The minimum atomic E-state index is -1.21. The summed E-state index contributed by atoms with van der Waals surface area (Å²) in [7, 11) is 0.445. The van der Waals surface area contributed by atoms with E-state index < -0.39 is 11.0 Å². The molecule has 2 aromatic heterocycles. The quantitative estimate of drug-likeness (QED) is 0.719. The molecule has 1 atom stereocenters. The van der Waals surface area contributed by atoms with E-state index in [1.165, 1.54) is 23.8 Å². The highest BCUT2D eigenvalue weighted by atomic mass is 32.2. The summed E-state index contributed by atoms with van der Waals surface area (Å²) in [5.74, 6) is -0.127. The molecule has 3 aromatic rings. The van der Waals surface area contributed by atoms with Crippen molar-refractivity contribution in [3.63, 3.8) is 0 Å². The van der Waals surface area contributed by atoms with Gasteiger partial charge in [-0.15, -0.1) is 0 Å². The van der Waals surface area contributed by atoms with Crippen LogP contribution in [0, 0.1) is 0 Å². The summed E-state index contributed by atoms with van der Waals surface area (Å²) in [6.07, 6.45) is 3.59. The highest BCUT2D eigenvalue weighted by molar-refractivity contribution is 7.83. The first kappa shape index (κ1) is 17.1. The van der Waals surface area contributed by atoms with E-state index in [0.717, 1.165) is 34.8 Å². The fourth-order valence-corrected chi connectivity index (χ4v) is 4.74. The van der Waals surface area contributed by atoms with E-state index in [2.05, 4.69) is 20.1 Å². The van der Waals surface area contributed by atoms with E-state index in [1.54, 1.807) is 7.05 Å². The van der Waals surface area contributed by atoms with Gasteiger partial charge in [-0.1, -0.05) is 11.3 Å². The molecule has 0 radical (unpaired) electrons. The van der Waals surface area contributed by atoms with Crippen molar-refractivity contribution in [1.82, 2.24) is 19.5 Å². The lowest BCUT2D eigenvalue weighted by Crippen LogP contribution is -2.10. The van der Waals surface area contributed by atoms with Crippen LogP contribution in [-0.2, 0) is 28.6 Å². The van der Waals surface area contributed by atoms with E-state index in [1.807, 2.05) is 35.1 Å². The van der Waals surface area contributed by atoms with Gasteiger partial charge in [-0.3, -0.25) is 4.79 Å². The van der Waals surface area contributed by atoms with Crippen molar-refractivity contribution < 1.29 is 9.00 Å². The molecule has 1 aliphatic rings. The molecule has 1 aromatic carbocycles. The number of anilines is 1. The van der Waals surface area contributed by atoms with Gasteiger partial charge in [0.05, 0.1) is 33.0 Å². The number of fused-ring (bicyclic) bond motifs is 3. The number of amides is 1. The van der Waals surface area contributed by atoms with Gasteiger partial charge in [-0.25, -0.2) is 18.6 Å². The van der Waals surface area contributed by atoms with Crippen molar-refractivity contribution in [1.29, 1.82) is 0 Å². The maximum absolute atomic E-state index is 11.8. The van der Waals surface area contributed by atoms with Gasteiger partial charge in [-0.2, -0.15) is 5.10 Å². The number of hydrogen-bond acceptors (Lipinski definition) is 5. The van der Waals surface area contributed by atoms with Gasteiger partial charge < -0.3 is 5.32 Å². The third-order valence-corrected chi connectivity index (χ3v) is 6.24. The van der Waals surface area contributed by atoms with Gasteiger partial charge in [0.15, 0.2) is 5.13 Å². The van der Waals surface area contributed by atoms with Gasteiger partial charge in [0.2, 0.25) is 5.91 Å². The topological polar surface area (TPSA) is 88.9 Å². The van der Waals surface area contributed by atoms with Gasteiger partial charge in [0.25, 0.3) is 0 Å². The number of benzene rings is 1. The van der Waals surface area contributed by atoms with E-state index in [4.69, 9.17) is 0 Å². The zero-order valence-corrected chi connectivity index (χ0v) is 15.9. The number of nitrogens with one attached hydrogen (secondary N) is 2. The van der Waals surface area contributed by atoms with Crippen LogP contribution in [0.5, 0.6) is 0 Å². The molecule has 7 nitrogen and oxygen atoms in total. The molecule has 4 rings (SSSR count). The van der Waals surface area contributed by atoms with Crippen molar-refractivity contribution in [3.05, 3.63) is 41.7 Å². The number of rotatable bonds is 4. The molecule has 0 saturated heterocycles. The number of hydrogen-bond donors (Lipinski definition) is 2. The summed E-state index contributed by atoms with van der Waals surface area (Å²) in [6.45, 7) is 1.48. The first-order valence-electron chi connectivity index (χ1n) is 8.11. The van der Waals surface area contributed by atoms with Crippen LogP contribution in [-0.4, -0.2) is 31.9 Å². The summed E-state index contributed by atoms with van der Waals surface area (Å²) < 4.78 is 16.4. The van der Waals surface area contributed by atoms with Gasteiger partial charge >= 0.3 is 0 Å². The van der Waals surface area contributed by atoms with Crippen LogP contribution in [0.3, 0.4) is 0 Å². The second-order valence-corrected chi connectivity index (χ2v) is 8.29. The Bertz CT molecular complexity index is 1010. The molecule has 9 heteroatoms. The van der Waals surface area contributed by atoms with Crippen molar-refractivity contribution in [2.45, 2.75) is 24.7 Å². The molecular formula is C17H17N5O2S2. The molecule has 2 heterocycles. The van der Waals surface area contributed by atoms with Crippen molar-refractivity contribution in [2.75, 3.05) is 12.4 Å². The summed E-state index contributed by atoms with van der Waals surface area (Å²) in [4.78, 5) is 17.6. The number of aromatic nitrogens is 3. The molecule has 0 bridgehead atoms. The lowest BCUT2D eigenvalue weighted by Gasteiger charge is -2.13. The molecule has 2 N–H and O–H groups in total. The molecule has 1 amide bonds. The summed E-state index contributed by atoms with van der Waals surface area (Å²) in [5, 5.41) is 7.93. The first-order valence-corrected chi connectivity index (χ1v) is 10.1. The molecule has 26 heavy (non-hydrogen) atoms. The lowest BCUT2D eigenvalue weighted by atomic mass is 10.0. The van der Waals surface area contributed by atoms with Crippen LogP contribution in [0.15, 0.2) is 35.4 Å². The van der Waals surface area contributed by atoms with E-state index in [9.17, 15) is 9.00 Å². The second-order valence-electron chi connectivity index (χ2n) is 5.87. The van der Waals surface area contributed by atoms with Crippen LogP contribution in [0.2, 0.25) is 0 Å². The van der Waals surface area contributed by atoms with Gasteiger partial charge in [0.1, 0.15) is 11.0 Å². The molecule has 0 fully saturated rings. The predicted molar refractivity (Wildman–Crippen MR) is 102 cm³/mol. The molecule has 0 saturated carbocycles. The maximum Gasteiger partial charge on any atom is 0.223 e. The number of nitrogens with zero attached hydrogens (tertiary/aromatic N) is 3. The van der Waals surface area contributed by atoms with Crippen LogP contribution in [0.4, 0.5) is 5.13 Å². The molecule has 1 unspecified atom stereocenters. The third kappa shape index (κ3) is 2.98. The SMILES string of the molecule is CNS(=O)c1ccc(-n2ncc3c2-c2sc(NC(C)=O)nc2CC3)cc1. The lowest BCUT2D eigenvalue weighted by molar-refractivity contribution is -0.114. The van der Waals surface area contributed by atoms with Crippen molar-refractivity contribution in [2.24, 2.45) is 0 Å². The Morgan fingerprint density at radius 2 is 2.04 bits per heavy atom. The molecular weight excluding hydrogens is 370 g/mol. The summed E-state index contributed by atoms with van der Waals surface area (Å²) in [5.41, 5.74) is 4.06. The highest BCUT2D eigenvalue weighted by Gasteiger charge is 2.26. The zero-order valence-electron chi connectivity index (χ0n) is 14.3. The van der Waals surface area contributed by atoms with Crippen molar-refractivity contribution >= 4 is 33.4 Å². The minimum Gasteiger partial charge on any atom is -0.302 e. The minimum absolute atomic E-state index is 0.127. The molecule has 134 valence electrons. The second kappa shape index (κ2) is 6.75. The fourth-order valence-electron chi connectivity index (χ4n) is 3.00. The summed E-state index contributed by atoms with van der Waals surface area (Å²) in [6, 6.07) is 7.47. The smallest absolute Gasteiger partial charge is 0.223 e. The Morgan fingerprint density at radius 1 is 1.27 bits per heavy atom. The van der Waals surface area contributed by atoms with Crippen LogP contribution >= 0.6 is 11.3 Å². The monoisotopic (exact) mass is 387 g/mol. The first-order chi connectivity index (χ1) is 12.6. The average molecular weight is 387 g/mol. The molecule has 0 aliphatic heterocycles. The van der Waals surface area contributed by atoms with Crippen LogP contribution in [0.1, 0.15) is 18.2 Å². The third-order valence-electron chi connectivity index (χ3n) is 4.15. The Balaban J connectivity index is 1.75. The summed E-state index contributed by atoms with van der Waals surface area (Å²) >= 11 is 1.47. The molecule has 0 spiro atoms. The average Bonchev–Trinajstić information content (AvgIpc) is 3.23. The van der Waals surface area contributed by atoms with Gasteiger partial charge in [0, 0.05) is 6.92 Å². The molecule has 1 aliphatic carbocycles. The van der Waals surface area contributed by atoms with E-state index in [0.29, 0.717) is 10.0 Å². The predicted octanol–water partition coefficient (Wildman–Crippen LogP) is 2.29.